The third-order valence-corrected chi connectivity index (χ3v) is 5.09. The number of hydrogen-bond donors (Lipinski definition) is 1. The summed E-state index contributed by atoms with van der Waals surface area (Å²) < 4.78 is 62.3. The molecule has 0 aromatic heterocycles. The predicted octanol–water partition coefficient (Wildman–Crippen LogP) is 3.52. The topological polar surface area (TPSA) is 55.8 Å². The van der Waals surface area contributed by atoms with Crippen molar-refractivity contribution in [2.75, 3.05) is 6.61 Å². The largest absolute Gasteiger partial charge is 0.491 e. The number of aliphatic hydroxyl groups excluding tert-OH is 1. The van der Waals surface area contributed by atoms with Gasteiger partial charge in [0, 0.05) is 12.3 Å². The van der Waals surface area contributed by atoms with Crippen LogP contribution in [0.3, 0.4) is 0 Å². The van der Waals surface area contributed by atoms with Crippen LogP contribution in [0.25, 0.3) is 0 Å². The number of benzene rings is 1. The number of ether oxygens (including phenoxy) is 2. The van der Waals surface area contributed by atoms with Gasteiger partial charge in [-0.2, -0.15) is 13.2 Å². The van der Waals surface area contributed by atoms with E-state index in [-0.39, 0.29) is 49.1 Å². The number of rotatable bonds is 6. The molecule has 1 aromatic rings. The van der Waals surface area contributed by atoms with Crippen LogP contribution in [0.4, 0.5) is 17.6 Å². The fraction of sp³-hybridized carbons (Fsp3) is 0.611. The molecule has 1 saturated carbocycles. The first-order chi connectivity index (χ1) is 12.2. The van der Waals surface area contributed by atoms with Gasteiger partial charge in [-0.15, -0.1) is 0 Å². The zero-order chi connectivity index (χ0) is 18.9. The molecule has 5 atom stereocenters. The molecule has 0 radical (unpaired) electrons. The predicted molar refractivity (Wildman–Crippen MR) is 83.2 cm³/mol. The molecule has 8 heteroatoms. The van der Waals surface area contributed by atoms with Crippen LogP contribution >= 0.6 is 0 Å². The maximum atomic E-state index is 14.1. The van der Waals surface area contributed by atoms with E-state index < -0.39 is 24.0 Å². The van der Waals surface area contributed by atoms with Crippen LogP contribution in [0.1, 0.15) is 31.2 Å². The number of fused-ring (bicyclic) bond motifs is 1. The highest BCUT2D eigenvalue weighted by Crippen LogP contribution is 2.43. The first-order valence-electron chi connectivity index (χ1n) is 8.55. The SMILES string of the molecule is O=C1CC2C(CC(O)C2CCC(F)COc2cccc(C(F)(F)F)c2)O1. The van der Waals surface area contributed by atoms with Crippen LogP contribution in [0.15, 0.2) is 24.3 Å². The fourth-order valence-electron chi connectivity index (χ4n) is 3.79. The van der Waals surface area contributed by atoms with Crippen LogP contribution in [0.2, 0.25) is 0 Å². The number of carbonyl (C=O) groups excluding carboxylic acids is 1. The Bertz CT molecular complexity index is 648. The smallest absolute Gasteiger partial charge is 0.416 e. The maximum absolute atomic E-state index is 14.1. The lowest BCUT2D eigenvalue weighted by Gasteiger charge is -2.20. The number of esters is 1. The quantitative estimate of drug-likeness (QED) is 0.610. The van der Waals surface area contributed by atoms with E-state index in [0.29, 0.717) is 12.8 Å². The van der Waals surface area contributed by atoms with Crippen LogP contribution in [0, 0.1) is 11.8 Å². The second-order valence-electron chi connectivity index (χ2n) is 6.87. The van der Waals surface area contributed by atoms with Gasteiger partial charge >= 0.3 is 12.1 Å². The minimum atomic E-state index is -4.48. The van der Waals surface area contributed by atoms with Crippen LogP contribution in [-0.4, -0.2) is 36.1 Å². The van der Waals surface area contributed by atoms with E-state index in [1.807, 2.05) is 0 Å². The highest BCUT2D eigenvalue weighted by atomic mass is 19.4. The molecule has 4 nitrogen and oxygen atoms in total. The van der Waals surface area contributed by atoms with Gasteiger partial charge < -0.3 is 14.6 Å². The molecule has 0 amide bonds. The summed E-state index contributed by atoms with van der Waals surface area (Å²) in [6.45, 7) is -0.367. The van der Waals surface area contributed by atoms with Gasteiger partial charge in [0.15, 0.2) is 0 Å². The summed E-state index contributed by atoms with van der Waals surface area (Å²) in [6.07, 6.45) is -5.71. The Kier molecular flexibility index (Phi) is 5.41. The number of aliphatic hydroxyl groups is 1. The lowest BCUT2D eigenvalue weighted by atomic mass is 9.87. The number of carbonyl (C=O) groups is 1. The van der Waals surface area contributed by atoms with Crippen LogP contribution in [0.5, 0.6) is 5.75 Å². The Morgan fingerprint density at radius 1 is 1.35 bits per heavy atom. The summed E-state index contributed by atoms with van der Waals surface area (Å²) >= 11 is 0. The third kappa shape index (κ3) is 4.28. The number of halogens is 4. The van der Waals surface area contributed by atoms with Gasteiger partial charge in [-0.3, -0.25) is 4.79 Å². The van der Waals surface area contributed by atoms with Gasteiger partial charge in [-0.1, -0.05) is 6.07 Å². The molecule has 2 fully saturated rings. The first-order valence-corrected chi connectivity index (χ1v) is 8.55. The Hall–Kier alpha value is -1.83. The van der Waals surface area contributed by atoms with Crippen molar-refractivity contribution in [3.05, 3.63) is 29.8 Å². The van der Waals surface area contributed by atoms with E-state index >= 15 is 0 Å². The standard InChI is InChI=1S/C18H20F4O4/c19-11(9-25-12-3-1-2-10(6-12)18(20,21)22)4-5-13-14-7-17(24)26-16(14)8-15(13)23/h1-3,6,11,13-16,23H,4-5,7-9H2. The lowest BCUT2D eigenvalue weighted by molar-refractivity contribution is -0.142. The van der Waals surface area contributed by atoms with E-state index in [4.69, 9.17) is 9.47 Å². The van der Waals surface area contributed by atoms with Gasteiger partial charge in [-0.25, -0.2) is 4.39 Å². The molecule has 1 aliphatic heterocycles. The zero-order valence-electron chi connectivity index (χ0n) is 13.9. The van der Waals surface area contributed by atoms with Gasteiger partial charge in [0.25, 0.3) is 0 Å². The van der Waals surface area contributed by atoms with E-state index in [1.165, 1.54) is 12.1 Å². The molecule has 1 saturated heterocycles. The molecule has 1 aromatic carbocycles. The fourth-order valence-corrected chi connectivity index (χ4v) is 3.79. The van der Waals surface area contributed by atoms with E-state index in [9.17, 15) is 27.5 Å². The molecule has 2 aliphatic rings. The minimum Gasteiger partial charge on any atom is -0.491 e. The minimum absolute atomic E-state index is 0.0433. The van der Waals surface area contributed by atoms with Gasteiger partial charge in [0.2, 0.25) is 0 Å². The monoisotopic (exact) mass is 376 g/mol. The average Bonchev–Trinajstić information content (AvgIpc) is 3.05. The highest BCUT2D eigenvalue weighted by Gasteiger charge is 2.49. The Labute approximate surface area is 148 Å². The molecule has 1 N–H and O–H groups in total. The third-order valence-electron chi connectivity index (χ3n) is 5.09. The molecular weight excluding hydrogens is 356 g/mol. The van der Waals surface area contributed by atoms with Crippen molar-refractivity contribution in [2.45, 2.75) is 50.2 Å². The van der Waals surface area contributed by atoms with Crippen molar-refractivity contribution >= 4 is 5.97 Å². The first kappa shape index (κ1) is 18.9. The zero-order valence-corrected chi connectivity index (χ0v) is 13.9. The van der Waals surface area contributed by atoms with E-state index in [1.54, 1.807) is 0 Å². The molecule has 0 bridgehead atoms. The summed E-state index contributed by atoms with van der Waals surface area (Å²) in [7, 11) is 0. The molecule has 1 heterocycles. The van der Waals surface area contributed by atoms with Crippen LogP contribution in [-0.2, 0) is 15.7 Å². The number of alkyl halides is 4. The van der Waals surface area contributed by atoms with Crippen molar-refractivity contribution in [3.63, 3.8) is 0 Å². The summed E-state index contributed by atoms with van der Waals surface area (Å²) in [4.78, 5) is 11.3. The summed E-state index contributed by atoms with van der Waals surface area (Å²) in [5.41, 5.74) is -0.851. The number of hydrogen-bond acceptors (Lipinski definition) is 4. The average molecular weight is 376 g/mol. The Balaban J connectivity index is 1.47. The van der Waals surface area contributed by atoms with Crippen LogP contribution < -0.4 is 4.74 Å². The van der Waals surface area contributed by atoms with Crippen molar-refractivity contribution in [1.29, 1.82) is 0 Å². The summed E-state index contributed by atoms with van der Waals surface area (Å²) in [5.74, 6) is -0.632. The molecule has 5 unspecified atom stereocenters. The van der Waals surface area contributed by atoms with Crippen molar-refractivity contribution in [1.82, 2.24) is 0 Å². The van der Waals surface area contributed by atoms with E-state index in [0.717, 1.165) is 12.1 Å². The van der Waals surface area contributed by atoms with Crippen molar-refractivity contribution in [3.8, 4) is 5.75 Å². The summed E-state index contributed by atoms with van der Waals surface area (Å²) in [6, 6.07) is 4.30. The van der Waals surface area contributed by atoms with E-state index in [2.05, 4.69) is 0 Å². The normalized spacial score (nSPS) is 29.3. The van der Waals surface area contributed by atoms with Crippen molar-refractivity contribution < 1.29 is 36.9 Å². The molecule has 144 valence electrons. The van der Waals surface area contributed by atoms with Gasteiger partial charge in [-0.05, 0) is 37.0 Å². The lowest BCUT2D eigenvalue weighted by Crippen LogP contribution is -2.23. The molecule has 3 rings (SSSR count). The van der Waals surface area contributed by atoms with Gasteiger partial charge in [0.05, 0.1) is 18.1 Å². The Morgan fingerprint density at radius 2 is 2.12 bits per heavy atom. The second-order valence-corrected chi connectivity index (χ2v) is 6.87. The molecule has 1 aliphatic carbocycles. The molecule has 0 spiro atoms. The summed E-state index contributed by atoms with van der Waals surface area (Å²) in [5, 5.41) is 10.1. The molecular formula is C18H20F4O4. The Morgan fingerprint density at radius 3 is 2.85 bits per heavy atom. The highest BCUT2D eigenvalue weighted by molar-refractivity contribution is 5.72. The van der Waals surface area contributed by atoms with Gasteiger partial charge in [0.1, 0.15) is 24.6 Å². The van der Waals surface area contributed by atoms with Crippen molar-refractivity contribution in [2.24, 2.45) is 11.8 Å². The second kappa shape index (κ2) is 7.42. The maximum Gasteiger partial charge on any atom is 0.416 e. The molecule has 26 heavy (non-hydrogen) atoms.